The molecule has 0 radical (unpaired) electrons. The van der Waals surface area contributed by atoms with Crippen LogP contribution >= 0.6 is 0 Å². The van der Waals surface area contributed by atoms with Gasteiger partial charge in [-0.05, 0) is 20.4 Å². The zero-order chi connectivity index (χ0) is 15.4. The van der Waals surface area contributed by atoms with Crippen LogP contribution in [0, 0.1) is 0 Å². The van der Waals surface area contributed by atoms with Crippen LogP contribution in [0.4, 0.5) is 0 Å². The summed E-state index contributed by atoms with van der Waals surface area (Å²) in [5, 5.41) is 7.86. The number of hydrogen-bond donors (Lipinski definition) is 1. The molecule has 1 N–H and O–H groups in total. The predicted molar refractivity (Wildman–Crippen MR) is 82.6 cm³/mol. The molecule has 2 rings (SSSR count). The van der Waals surface area contributed by atoms with Crippen molar-refractivity contribution in [3.05, 3.63) is 11.9 Å². The van der Waals surface area contributed by atoms with E-state index in [9.17, 15) is 0 Å². The molecule has 1 aromatic rings. The van der Waals surface area contributed by atoms with E-state index in [4.69, 9.17) is 9.47 Å². The van der Waals surface area contributed by atoms with Crippen molar-refractivity contribution in [2.45, 2.75) is 39.0 Å². The fourth-order valence-electron chi connectivity index (χ4n) is 2.93. The Labute approximate surface area is 127 Å². The van der Waals surface area contributed by atoms with Crippen LogP contribution in [-0.4, -0.2) is 60.2 Å². The molecule has 0 saturated carbocycles. The first-order valence-corrected chi connectivity index (χ1v) is 7.73. The Kier molecular flexibility index (Phi) is 5.61. The maximum Gasteiger partial charge on any atom is 0.161 e. The maximum atomic E-state index is 6.05. The summed E-state index contributed by atoms with van der Waals surface area (Å²) in [5.74, 6) is 0.814. The number of aromatic nitrogens is 2. The predicted octanol–water partition coefficient (Wildman–Crippen LogP) is 1.19. The van der Waals surface area contributed by atoms with E-state index in [1.54, 1.807) is 13.3 Å². The number of nitrogens with zero attached hydrogens (tertiary/aromatic N) is 3. The molecule has 1 fully saturated rings. The largest absolute Gasteiger partial charge is 0.493 e. The normalized spacial score (nSPS) is 21.7. The van der Waals surface area contributed by atoms with Gasteiger partial charge in [-0.3, -0.25) is 9.58 Å². The van der Waals surface area contributed by atoms with Crippen molar-refractivity contribution in [1.29, 1.82) is 0 Å². The van der Waals surface area contributed by atoms with Gasteiger partial charge in [0.2, 0.25) is 0 Å². The first-order chi connectivity index (χ1) is 10.1. The number of hydrogen-bond acceptors (Lipinski definition) is 5. The molecule has 1 aliphatic rings. The van der Waals surface area contributed by atoms with Gasteiger partial charge in [-0.15, -0.1) is 0 Å². The van der Waals surface area contributed by atoms with Gasteiger partial charge >= 0.3 is 0 Å². The lowest BCUT2D eigenvalue weighted by Gasteiger charge is -2.39. The average Bonchev–Trinajstić information content (AvgIpc) is 2.85. The van der Waals surface area contributed by atoms with Gasteiger partial charge in [-0.1, -0.05) is 6.92 Å². The Morgan fingerprint density at radius 1 is 1.52 bits per heavy atom. The monoisotopic (exact) mass is 296 g/mol. The van der Waals surface area contributed by atoms with Crippen molar-refractivity contribution in [1.82, 2.24) is 20.0 Å². The van der Waals surface area contributed by atoms with Crippen LogP contribution in [0.2, 0.25) is 0 Å². The lowest BCUT2D eigenvalue weighted by Crippen LogP contribution is -2.50. The van der Waals surface area contributed by atoms with Gasteiger partial charge in [0.05, 0.1) is 37.8 Å². The van der Waals surface area contributed by atoms with Crippen LogP contribution in [0.15, 0.2) is 6.20 Å². The third kappa shape index (κ3) is 3.56. The first-order valence-electron chi connectivity index (χ1n) is 7.73. The maximum absolute atomic E-state index is 6.05. The molecule has 0 spiro atoms. The van der Waals surface area contributed by atoms with E-state index in [2.05, 4.69) is 36.1 Å². The summed E-state index contributed by atoms with van der Waals surface area (Å²) in [5.41, 5.74) is 1.05. The van der Waals surface area contributed by atoms with E-state index in [0.717, 1.165) is 37.7 Å². The molecule has 21 heavy (non-hydrogen) atoms. The molecule has 2 atom stereocenters. The molecule has 2 heterocycles. The van der Waals surface area contributed by atoms with Crippen molar-refractivity contribution in [3.63, 3.8) is 0 Å². The summed E-state index contributed by atoms with van der Waals surface area (Å²) in [7, 11) is 3.64. The third-order valence-electron chi connectivity index (χ3n) is 4.11. The second-order valence-electron chi connectivity index (χ2n) is 5.76. The number of likely N-dealkylation sites (N-methyl/N-ethyl adjacent to an activating group) is 1. The summed E-state index contributed by atoms with van der Waals surface area (Å²) in [6.45, 7) is 10.1. The van der Waals surface area contributed by atoms with Crippen LogP contribution in [0.1, 0.15) is 32.5 Å². The van der Waals surface area contributed by atoms with Gasteiger partial charge in [0.25, 0.3) is 0 Å². The van der Waals surface area contributed by atoms with Crippen molar-refractivity contribution >= 4 is 0 Å². The molecule has 2 unspecified atom stereocenters. The Morgan fingerprint density at radius 3 is 2.90 bits per heavy atom. The summed E-state index contributed by atoms with van der Waals surface area (Å²) in [4.78, 5) is 2.46. The lowest BCUT2D eigenvalue weighted by atomic mass is 10.0. The highest BCUT2D eigenvalue weighted by molar-refractivity contribution is 5.29. The van der Waals surface area contributed by atoms with E-state index in [1.807, 2.05) is 11.7 Å². The van der Waals surface area contributed by atoms with Crippen molar-refractivity contribution in [2.75, 3.05) is 33.4 Å². The molecule has 0 bridgehead atoms. The van der Waals surface area contributed by atoms with Crippen molar-refractivity contribution < 1.29 is 9.47 Å². The number of ether oxygens (including phenoxy) is 2. The molecule has 120 valence electrons. The molecule has 1 saturated heterocycles. The second kappa shape index (κ2) is 7.24. The minimum Gasteiger partial charge on any atom is -0.493 e. The zero-order valence-corrected chi connectivity index (χ0v) is 13.8. The number of aryl methyl sites for hydroxylation is 1. The number of rotatable bonds is 6. The van der Waals surface area contributed by atoms with Crippen LogP contribution in [0.25, 0.3) is 0 Å². The standard InChI is InChI=1S/C15H28N4O2/c1-6-16-14(15-12(20-5)9-17-18(15)4)13-10-19(11(2)3)7-8-21-13/h9,11,13-14,16H,6-8,10H2,1-5H3. The molecule has 0 aromatic carbocycles. The third-order valence-corrected chi connectivity index (χ3v) is 4.11. The highest BCUT2D eigenvalue weighted by Crippen LogP contribution is 2.29. The summed E-state index contributed by atoms with van der Waals surface area (Å²) < 4.78 is 13.4. The Bertz CT molecular complexity index is 447. The second-order valence-corrected chi connectivity index (χ2v) is 5.76. The molecule has 0 amide bonds. The van der Waals surface area contributed by atoms with E-state index in [1.165, 1.54) is 0 Å². The topological polar surface area (TPSA) is 51.5 Å². The van der Waals surface area contributed by atoms with E-state index in [0.29, 0.717) is 6.04 Å². The molecular weight excluding hydrogens is 268 g/mol. The molecule has 1 aliphatic heterocycles. The van der Waals surface area contributed by atoms with Gasteiger partial charge in [0, 0.05) is 26.2 Å². The minimum absolute atomic E-state index is 0.0824. The van der Waals surface area contributed by atoms with Crippen molar-refractivity contribution in [3.8, 4) is 5.75 Å². The fourth-order valence-corrected chi connectivity index (χ4v) is 2.93. The van der Waals surface area contributed by atoms with Gasteiger partial charge in [-0.25, -0.2) is 0 Å². The SMILES string of the molecule is CCNC(c1c(OC)cnn1C)C1CN(C(C)C)CCO1. The summed E-state index contributed by atoms with van der Waals surface area (Å²) in [6, 6.07) is 0.617. The van der Waals surface area contributed by atoms with E-state index in [-0.39, 0.29) is 12.1 Å². The zero-order valence-electron chi connectivity index (χ0n) is 13.8. The first kappa shape index (κ1) is 16.3. The molecule has 1 aromatic heterocycles. The van der Waals surface area contributed by atoms with E-state index >= 15 is 0 Å². The van der Waals surface area contributed by atoms with Gasteiger partial charge < -0.3 is 14.8 Å². The molecular formula is C15H28N4O2. The number of nitrogens with one attached hydrogen (secondary N) is 1. The fraction of sp³-hybridized carbons (Fsp3) is 0.800. The molecule has 6 nitrogen and oxygen atoms in total. The van der Waals surface area contributed by atoms with Gasteiger partial charge in [0.1, 0.15) is 0 Å². The number of morpholine rings is 1. The van der Waals surface area contributed by atoms with Gasteiger partial charge in [-0.2, -0.15) is 5.10 Å². The highest BCUT2D eigenvalue weighted by Gasteiger charge is 2.33. The quantitative estimate of drug-likeness (QED) is 0.854. The van der Waals surface area contributed by atoms with E-state index < -0.39 is 0 Å². The highest BCUT2D eigenvalue weighted by atomic mass is 16.5. The Hall–Kier alpha value is -1.11. The summed E-state index contributed by atoms with van der Waals surface area (Å²) in [6.07, 6.45) is 1.87. The molecule has 0 aliphatic carbocycles. The Balaban J connectivity index is 2.23. The molecule has 6 heteroatoms. The Morgan fingerprint density at radius 2 is 2.29 bits per heavy atom. The smallest absolute Gasteiger partial charge is 0.161 e. The van der Waals surface area contributed by atoms with Crippen LogP contribution in [0.5, 0.6) is 5.75 Å². The van der Waals surface area contributed by atoms with Crippen LogP contribution in [0.3, 0.4) is 0 Å². The summed E-state index contributed by atoms with van der Waals surface area (Å²) >= 11 is 0. The lowest BCUT2D eigenvalue weighted by molar-refractivity contribution is -0.0572. The van der Waals surface area contributed by atoms with Crippen molar-refractivity contribution in [2.24, 2.45) is 7.05 Å². The average molecular weight is 296 g/mol. The van der Waals surface area contributed by atoms with Crippen LogP contribution in [-0.2, 0) is 11.8 Å². The van der Waals surface area contributed by atoms with Gasteiger partial charge in [0.15, 0.2) is 5.75 Å². The number of methoxy groups -OCH3 is 1. The van der Waals surface area contributed by atoms with Crippen LogP contribution < -0.4 is 10.1 Å². The minimum atomic E-state index is 0.0824.